The van der Waals surface area contributed by atoms with Crippen molar-refractivity contribution in [2.24, 2.45) is 5.16 Å². The van der Waals surface area contributed by atoms with E-state index in [4.69, 9.17) is 10.3 Å². The highest BCUT2D eigenvalue weighted by Gasteiger charge is 2.20. The van der Waals surface area contributed by atoms with Gasteiger partial charge in [-0.15, -0.1) is 0 Å². The summed E-state index contributed by atoms with van der Waals surface area (Å²) >= 11 is 0. The Hall–Kier alpha value is -1.55. The van der Waals surface area contributed by atoms with Gasteiger partial charge in [0.05, 0.1) is 5.71 Å². The minimum Gasteiger partial charge on any atom is -0.411 e. The molecule has 17 heavy (non-hydrogen) atoms. The van der Waals surface area contributed by atoms with Crippen LogP contribution in [-0.2, 0) is 0 Å². The SMILES string of the molecule is OCCCCN1CCC(=NO)c2ccccc21. The molecule has 1 aromatic carbocycles. The van der Waals surface area contributed by atoms with E-state index in [0.29, 0.717) is 0 Å². The normalized spacial score (nSPS) is 17.2. The van der Waals surface area contributed by atoms with Crippen LogP contribution in [0.1, 0.15) is 24.8 Å². The lowest BCUT2D eigenvalue weighted by Crippen LogP contribution is -2.33. The lowest BCUT2D eigenvalue weighted by atomic mass is 9.99. The number of aliphatic hydroxyl groups is 1. The molecule has 1 aliphatic heterocycles. The predicted molar refractivity (Wildman–Crippen MR) is 67.9 cm³/mol. The van der Waals surface area contributed by atoms with Crippen LogP contribution in [0.4, 0.5) is 5.69 Å². The third kappa shape index (κ3) is 2.58. The van der Waals surface area contributed by atoms with Crippen molar-refractivity contribution in [3.8, 4) is 0 Å². The van der Waals surface area contributed by atoms with Gasteiger partial charge in [0.1, 0.15) is 0 Å². The van der Waals surface area contributed by atoms with Crippen molar-refractivity contribution in [1.82, 2.24) is 0 Å². The van der Waals surface area contributed by atoms with E-state index in [1.807, 2.05) is 18.2 Å². The summed E-state index contributed by atoms with van der Waals surface area (Å²) in [6.07, 6.45) is 2.59. The Kier molecular flexibility index (Phi) is 3.98. The summed E-state index contributed by atoms with van der Waals surface area (Å²) in [6.45, 7) is 2.07. The van der Waals surface area contributed by atoms with E-state index in [1.165, 1.54) is 0 Å². The van der Waals surface area contributed by atoms with Crippen LogP contribution in [0, 0.1) is 0 Å². The number of fused-ring (bicyclic) bond motifs is 1. The second-order valence-corrected chi connectivity index (χ2v) is 4.23. The summed E-state index contributed by atoms with van der Waals surface area (Å²) in [5.74, 6) is 0. The average molecular weight is 234 g/mol. The zero-order valence-corrected chi connectivity index (χ0v) is 9.84. The molecular weight excluding hydrogens is 216 g/mol. The van der Waals surface area contributed by atoms with Crippen molar-refractivity contribution in [2.45, 2.75) is 19.3 Å². The molecule has 1 aromatic rings. The van der Waals surface area contributed by atoms with Crippen LogP contribution >= 0.6 is 0 Å². The zero-order chi connectivity index (χ0) is 12.1. The minimum absolute atomic E-state index is 0.249. The lowest BCUT2D eigenvalue weighted by Gasteiger charge is -2.31. The third-order valence-electron chi connectivity index (χ3n) is 3.13. The van der Waals surface area contributed by atoms with Crippen molar-refractivity contribution in [2.75, 3.05) is 24.6 Å². The minimum atomic E-state index is 0.249. The molecule has 0 aromatic heterocycles. The molecule has 1 heterocycles. The number of hydrogen-bond acceptors (Lipinski definition) is 4. The molecule has 0 radical (unpaired) electrons. The molecule has 0 aliphatic carbocycles. The first-order chi connectivity index (χ1) is 8.36. The van der Waals surface area contributed by atoms with Crippen LogP contribution in [0.25, 0.3) is 0 Å². The molecule has 92 valence electrons. The van der Waals surface area contributed by atoms with Crippen LogP contribution in [0.5, 0.6) is 0 Å². The Morgan fingerprint density at radius 2 is 2.06 bits per heavy atom. The number of rotatable bonds is 4. The van der Waals surface area contributed by atoms with Crippen molar-refractivity contribution in [3.63, 3.8) is 0 Å². The lowest BCUT2D eigenvalue weighted by molar-refractivity contribution is 0.285. The van der Waals surface area contributed by atoms with E-state index in [0.717, 1.165) is 49.3 Å². The fourth-order valence-electron chi connectivity index (χ4n) is 2.24. The second kappa shape index (κ2) is 5.68. The van der Waals surface area contributed by atoms with Crippen LogP contribution in [-0.4, -0.2) is 35.7 Å². The molecule has 0 saturated heterocycles. The summed E-state index contributed by atoms with van der Waals surface area (Å²) in [5, 5.41) is 21.1. The smallest absolute Gasteiger partial charge is 0.0906 e. The molecule has 0 atom stereocenters. The first kappa shape index (κ1) is 11.9. The van der Waals surface area contributed by atoms with E-state index in [9.17, 15) is 0 Å². The van der Waals surface area contributed by atoms with Crippen LogP contribution in [0.15, 0.2) is 29.4 Å². The third-order valence-corrected chi connectivity index (χ3v) is 3.13. The number of hydrogen-bond donors (Lipinski definition) is 2. The van der Waals surface area contributed by atoms with Crippen molar-refractivity contribution in [1.29, 1.82) is 0 Å². The fraction of sp³-hybridized carbons (Fsp3) is 0.462. The molecule has 4 heteroatoms. The van der Waals surface area contributed by atoms with Gasteiger partial charge in [0.2, 0.25) is 0 Å². The van der Waals surface area contributed by atoms with E-state index < -0.39 is 0 Å². The van der Waals surface area contributed by atoms with Gasteiger partial charge in [-0.1, -0.05) is 23.4 Å². The van der Waals surface area contributed by atoms with E-state index in [1.54, 1.807) is 0 Å². The van der Waals surface area contributed by atoms with Gasteiger partial charge < -0.3 is 15.2 Å². The number of para-hydroxylation sites is 1. The van der Waals surface area contributed by atoms with Gasteiger partial charge in [0.25, 0.3) is 0 Å². The molecule has 0 amide bonds. The zero-order valence-electron chi connectivity index (χ0n) is 9.84. The summed E-state index contributed by atoms with van der Waals surface area (Å²) in [7, 11) is 0. The summed E-state index contributed by atoms with van der Waals surface area (Å²) in [6, 6.07) is 8.00. The Bertz CT molecular complexity index is 404. The maximum absolute atomic E-state index is 8.97. The molecular formula is C13H18N2O2. The highest BCUT2D eigenvalue weighted by molar-refractivity contribution is 6.06. The second-order valence-electron chi connectivity index (χ2n) is 4.23. The molecule has 1 aliphatic rings. The maximum Gasteiger partial charge on any atom is 0.0906 e. The maximum atomic E-state index is 8.97. The number of anilines is 1. The molecule has 2 N–H and O–H groups in total. The van der Waals surface area contributed by atoms with Gasteiger partial charge in [-0.25, -0.2) is 0 Å². The number of oxime groups is 1. The number of unbranched alkanes of at least 4 members (excludes halogenated alkanes) is 1. The Morgan fingerprint density at radius 1 is 1.24 bits per heavy atom. The standard InChI is InChI=1S/C13H18N2O2/c16-10-4-3-8-15-9-7-12(14-17)11-5-1-2-6-13(11)15/h1-2,5-6,16-17H,3-4,7-10H2. The first-order valence-corrected chi connectivity index (χ1v) is 6.03. The van der Waals surface area contributed by atoms with Gasteiger partial charge >= 0.3 is 0 Å². The number of aliphatic hydroxyl groups excluding tert-OH is 1. The van der Waals surface area contributed by atoms with E-state index >= 15 is 0 Å². The molecule has 2 rings (SSSR count). The van der Waals surface area contributed by atoms with E-state index in [2.05, 4.69) is 16.1 Å². The monoisotopic (exact) mass is 234 g/mol. The summed E-state index contributed by atoms with van der Waals surface area (Å²) in [5.41, 5.74) is 2.91. The molecule has 0 bridgehead atoms. The number of benzene rings is 1. The molecule has 0 unspecified atom stereocenters. The average Bonchev–Trinajstić information content (AvgIpc) is 2.39. The largest absolute Gasteiger partial charge is 0.411 e. The van der Waals surface area contributed by atoms with Gasteiger partial charge in [0.15, 0.2) is 0 Å². The highest BCUT2D eigenvalue weighted by atomic mass is 16.4. The quantitative estimate of drug-likeness (QED) is 0.475. The van der Waals surface area contributed by atoms with Crippen LogP contribution < -0.4 is 4.90 Å². The highest BCUT2D eigenvalue weighted by Crippen LogP contribution is 2.27. The van der Waals surface area contributed by atoms with Gasteiger partial charge in [-0.05, 0) is 18.9 Å². The fourth-order valence-corrected chi connectivity index (χ4v) is 2.24. The molecule has 0 fully saturated rings. The number of nitrogens with zero attached hydrogens (tertiary/aromatic N) is 2. The van der Waals surface area contributed by atoms with Gasteiger partial charge in [-0.3, -0.25) is 0 Å². The first-order valence-electron chi connectivity index (χ1n) is 6.03. The van der Waals surface area contributed by atoms with Gasteiger partial charge in [-0.2, -0.15) is 0 Å². The predicted octanol–water partition coefficient (Wildman–Crippen LogP) is 1.85. The van der Waals surface area contributed by atoms with E-state index in [-0.39, 0.29) is 6.61 Å². The topological polar surface area (TPSA) is 56.1 Å². The molecule has 4 nitrogen and oxygen atoms in total. The van der Waals surface area contributed by atoms with Crippen molar-refractivity contribution >= 4 is 11.4 Å². The Balaban J connectivity index is 2.16. The molecule has 0 spiro atoms. The summed E-state index contributed by atoms with van der Waals surface area (Å²) < 4.78 is 0. The molecule has 0 saturated carbocycles. The van der Waals surface area contributed by atoms with Crippen LogP contribution in [0.2, 0.25) is 0 Å². The van der Waals surface area contributed by atoms with Crippen molar-refractivity contribution < 1.29 is 10.3 Å². The summed E-state index contributed by atoms with van der Waals surface area (Å²) in [4.78, 5) is 2.29. The Morgan fingerprint density at radius 3 is 2.82 bits per heavy atom. The van der Waals surface area contributed by atoms with Crippen molar-refractivity contribution in [3.05, 3.63) is 29.8 Å². The van der Waals surface area contributed by atoms with Crippen LogP contribution in [0.3, 0.4) is 0 Å². The van der Waals surface area contributed by atoms with Gasteiger partial charge in [0, 0.05) is 37.4 Å². The Labute approximate surface area is 101 Å².